The summed E-state index contributed by atoms with van der Waals surface area (Å²) in [6.07, 6.45) is 16.3. The molecule has 0 spiro atoms. The minimum atomic E-state index is -1.33. The molecule has 340 valence electrons. The molecule has 0 N–H and O–H groups in total. The zero-order chi connectivity index (χ0) is 43.3. The van der Waals surface area contributed by atoms with Crippen molar-refractivity contribution in [2.75, 3.05) is 13.2 Å². The van der Waals surface area contributed by atoms with Crippen LogP contribution in [0, 0.1) is 87.3 Å². The van der Waals surface area contributed by atoms with E-state index in [0.717, 1.165) is 56.8 Å². The number of rotatable bonds is 16. The van der Waals surface area contributed by atoms with Crippen molar-refractivity contribution in [2.24, 2.45) is 87.3 Å². The molecule has 7 atom stereocenters. The Bertz CT molecular complexity index is 1680. The van der Waals surface area contributed by atoms with Crippen molar-refractivity contribution in [1.82, 2.24) is 0 Å². The second-order valence-electron chi connectivity index (χ2n) is 24.6. The Hall–Kier alpha value is -2.65. The zero-order valence-corrected chi connectivity index (χ0v) is 38.4. The number of fused-ring (bicyclic) bond motifs is 2. The number of hydrogen-bond donors (Lipinski definition) is 0. The number of esters is 5. The van der Waals surface area contributed by atoms with Crippen LogP contribution in [0.5, 0.6) is 0 Å². The molecule has 11 aliphatic rings. The minimum Gasteiger partial charge on any atom is -0.465 e. The molecule has 1 aliphatic heterocycles. The molecule has 10 aliphatic carbocycles. The van der Waals surface area contributed by atoms with E-state index in [2.05, 4.69) is 13.8 Å². The maximum absolute atomic E-state index is 15.0. The fourth-order valence-corrected chi connectivity index (χ4v) is 16.3. The molecule has 0 amide bonds. The standard InChI is InChI=1S/C51H76O10/c1-29-35-8-9-36(22-35)40(29)23-37(42(52)60-50(7)38-18-30-14-31(20-38)21-39(50)19-30)27-49(6,45(55)59-41-10-12-57-43(41)53)28-47(2,3)44(54)61-48(4,5)11-13-58-46(56)51-24-32-15-33(25-51)17-34(16-32)26-51/h29-41H,8-28H2,1-7H3. The first-order valence-corrected chi connectivity index (χ1v) is 24.7. The van der Waals surface area contributed by atoms with Gasteiger partial charge < -0.3 is 23.7 Å². The van der Waals surface area contributed by atoms with Gasteiger partial charge in [-0.15, -0.1) is 0 Å². The van der Waals surface area contributed by atoms with Crippen LogP contribution in [-0.2, 0) is 47.7 Å². The summed E-state index contributed by atoms with van der Waals surface area (Å²) in [5.41, 5.74) is -4.33. The predicted octanol–water partition coefficient (Wildman–Crippen LogP) is 9.58. The van der Waals surface area contributed by atoms with E-state index in [1.54, 1.807) is 20.8 Å². The Kier molecular flexibility index (Phi) is 11.3. The van der Waals surface area contributed by atoms with Crippen molar-refractivity contribution in [1.29, 1.82) is 0 Å². The lowest BCUT2D eigenvalue weighted by molar-refractivity contribution is -0.209. The van der Waals surface area contributed by atoms with Gasteiger partial charge in [0.15, 0.2) is 0 Å². The largest absolute Gasteiger partial charge is 0.465 e. The van der Waals surface area contributed by atoms with Gasteiger partial charge in [-0.2, -0.15) is 0 Å². The Balaban J connectivity index is 0.910. The van der Waals surface area contributed by atoms with E-state index in [4.69, 9.17) is 23.7 Å². The molecule has 10 heteroatoms. The van der Waals surface area contributed by atoms with E-state index in [1.807, 2.05) is 13.8 Å². The molecule has 10 nitrogen and oxygen atoms in total. The first-order chi connectivity index (χ1) is 28.7. The van der Waals surface area contributed by atoms with Crippen LogP contribution in [-0.4, -0.2) is 60.4 Å². The predicted molar refractivity (Wildman–Crippen MR) is 226 cm³/mol. The Morgan fingerprint density at radius 1 is 0.770 bits per heavy atom. The normalized spacial score (nSPS) is 41.9. The van der Waals surface area contributed by atoms with Gasteiger partial charge in [-0.05, 0) is 216 Å². The van der Waals surface area contributed by atoms with Gasteiger partial charge in [0.05, 0.1) is 35.4 Å². The van der Waals surface area contributed by atoms with E-state index < -0.39 is 52.0 Å². The van der Waals surface area contributed by atoms with Crippen LogP contribution in [0.4, 0.5) is 0 Å². The first kappa shape index (κ1) is 43.6. The maximum atomic E-state index is 15.0. The van der Waals surface area contributed by atoms with Gasteiger partial charge >= 0.3 is 29.8 Å². The van der Waals surface area contributed by atoms with Gasteiger partial charge in [-0.1, -0.05) is 6.92 Å². The highest BCUT2D eigenvalue weighted by Gasteiger charge is 2.59. The molecule has 10 saturated carbocycles. The molecule has 1 heterocycles. The average molecular weight is 849 g/mol. The van der Waals surface area contributed by atoms with Gasteiger partial charge in [0.1, 0.15) is 11.2 Å². The highest BCUT2D eigenvalue weighted by Crippen LogP contribution is 2.62. The van der Waals surface area contributed by atoms with Crippen molar-refractivity contribution in [2.45, 2.75) is 188 Å². The van der Waals surface area contributed by atoms with Gasteiger partial charge in [-0.25, -0.2) is 4.79 Å². The molecular weight excluding hydrogens is 773 g/mol. The van der Waals surface area contributed by atoms with E-state index in [9.17, 15) is 24.0 Å². The molecule has 10 bridgehead atoms. The third-order valence-electron chi connectivity index (χ3n) is 19.0. The summed E-state index contributed by atoms with van der Waals surface area (Å²) in [7, 11) is 0. The molecule has 7 unspecified atom stereocenters. The van der Waals surface area contributed by atoms with Crippen LogP contribution in [0.3, 0.4) is 0 Å². The molecule has 1 saturated heterocycles. The highest BCUT2D eigenvalue weighted by molar-refractivity contribution is 5.85. The summed E-state index contributed by atoms with van der Waals surface area (Å²) >= 11 is 0. The summed E-state index contributed by atoms with van der Waals surface area (Å²) in [4.78, 5) is 70.2. The van der Waals surface area contributed by atoms with Crippen molar-refractivity contribution >= 4 is 29.8 Å². The van der Waals surface area contributed by atoms with E-state index in [-0.39, 0.29) is 49.8 Å². The SMILES string of the molecule is CC1C2CCC(C2)C1CC(CC(C)(CC(C)(C)C(=O)OC(C)(C)CCOC(=O)C12CC3CC(CC(C3)C1)C2)C(=O)OC1CCOC1=O)C(=O)OC1(C)C2CC3CC(C2)CC1C3. The summed E-state index contributed by atoms with van der Waals surface area (Å²) in [6.45, 7) is 13.9. The van der Waals surface area contributed by atoms with Crippen LogP contribution < -0.4 is 0 Å². The smallest absolute Gasteiger partial charge is 0.347 e. The summed E-state index contributed by atoms with van der Waals surface area (Å²) in [6, 6.07) is 0. The number of carbonyl (C=O) groups is 5. The maximum Gasteiger partial charge on any atom is 0.347 e. The van der Waals surface area contributed by atoms with Gasteiger partial charge in [0.2, 0.25) is 6.10 Å². The molecule has 61 heavy (non-hydrogen) atoms. The van der Waals surface area contributed by atoms with Crippen molar-refractivity contribution in [3.8, 4) is 0 Å². The van der Waals surface area contributed by atoms with Crippen molar-refractivity contribution in [3.05, 3.63) is 0 Å². The van der Waals surface area contributed by atoms with Crippen LogP contribution in [0.25, 0.3) is 0 Å². The molecule has 11 fully saturated rings. The second-order valence-corrected chi connectivity index (χ2v) is 24.6. The van der Waals surface area contributed by atoms with Crippen LogP contribution in [0.15, 0.2) is 0 Å². The van der Waals surface area contributed by atoms with Crippen LogP contribution in [0.2, 0.25) is 0 Å². The molecule has 0 aromatic rings. The van der Waals surface area contributed by atoms with Gasteiger partial charge in [0, 0.05) is 12.8 Å². The summed E-state index contributed by atoms with van der Waals surface area (Å²) in [5, 5.41) is 0. The van der Waals surface area contributed by atoms with E-state index in [0.29, 0.717) is 66.1 Å². The topological polar surface area (TPSA) is 132 Å². The van der Waals surface area contributed by atoms with Crippen molar-refractivity contribution < 1.29 is 47.7 Å². The lowest BCUT2D eigenvalue weighted by Crippen LogP contribution is -2.58. The average Bonchev–Trinajstić information content (AvgIpc) is 3.89. The molecule has 11 rings (SSSR count). The quantitative estimate of drug-likeness (QED) is 0.109. The number of carbonyl (C=O) groups excluding carboxylic acids is 5. The summed E-state index contributed by atoms with van der Waals surface area (Å²) < 4.78 is 30.2. The number of hydrogen-bond acceptors (Lipinski definition) is 10. The second kappa shape index (κ2) is 15.8. The molecule has 0 aromatic carbocycles. The minimum absolute atomic E-state index is 0.0401. The fourth-order valence-electron chi connectivity index (χ4n) is 16.3. The summed E-state index contributed by atoms with van der Waals surface area (Å²) in [5.74, 6) is 3.60. The Labute approximate surface area is 364 Å². The fraction of sp³-hybridized carbons (Fsp3) is 0.902. The highest BCUT2D eigenvalue weighted by atomic mass is 16.6. The van der Waals surface area contributed by atoms with Crippen LogP contribution in [0.1, 0.15) is 170 Å². The third kappa shape index (κ3) is 8.32. The van der Waals surface area contributed by atoms with Gasteiger partial charge in [-0.3, -0.25) is 19.2 Å². The monoisotopic (exact) mass is 849 g/mol. The molecular formula is C51H76O10. The number of ether oxygens (including phenoxy) is 5. The van der Waals surface area contributed by atoms with Gasteiger partial charge in [0.25, 0.3) is 0 Å². The first-order valence-electron chi connectivity index (χ1n) is 24.7. The lowest BCUT2D eigenvalue weighted by atomic mass is 9.49. The Morgan fingerprint density at radius 3 is 1.92 bits per heavy atom. The van der Waals surface area contributed by atoms with Crippen LogP contribution >= 0.6 is 0 Å². The van der Waals surface area contributed by atoms with E-state index in [1.165, 1.54) is 44.9 Å². The third-order valence-corrected chi connectivity index (χ3v) is 19.0. The lowest BCUT2D eigenvalue weighted by Gasteiger charge is -2.59. The molecule has 0 aromatic heterocycles. The Morgan fingerprint density at radius 2 is 1.36 bits per heavy atom. The van der Waals surface area contributed by atoms with Crippen molar-refractivity contribution in [3.63, 3.8) is 0 Å². The number of cyclic esters (lactones) is 1. The van der Waals surface area contributed by atoms with E-state index >= 15 is 0 Å². The zero-order valence-electron chi connectivity index (χ0n) is 38.4. The molecule has 0 radical (unpaired) electrons.